The molecule has 0 spiro atoms. The number of fused-ring (bicyclic) bond motifs is 2. The number of aromatic amines is 1. The molecule has 5 rings (SSSR count). The summed E-state index contributed by atoms with van der Waals surface area (Å²) < 4.78 is 57.1. The van der Waals surface area contributed by atoms with Crippen LogP contribution >= 0.6 is 0 Å². The van der Waals surface area contributed by atoms with Crippen LogP contribution in [0.25, 0.3) is 21.7 Å². The first-order chi connectivity index (χ1) is 17.3. The molecule has 184 valence electrons. The molecule has 0 saturated heterocycles. The zero-order valence-electron chi connectivity index (χ0n) is 19.5. The molecular formula is C27H24N2O5S2. The second-order valence-corrected chi connectivity index (χ2v) is 12.0. The van der Waals surface area contributed by atoms with E-state index in [2.05, 4.69) is 10.2 Å². The number of hydrogen-bond acceptors (Lipinski definition) is 6. The van der Waals surface area contributed by atoms with E-state index in [1.165, 1.54) is 12.1 Å². The van der Waals surface area contributed by atoms with Crippen LogP contribution in [0.5, 0.6) is 0 Å². The first kappa shape index (κ1) is 24.2. The lowest BCUT2D eigenvalue weighted by molar-refractivity contribution is 0.312. The predicted molar refractivity (Wildman–Crippen MR) is 138 cm³/mol. The predicted octanol–water partition coefficient (Wildman–Crippen LogP) is 5.20. The number of nitrogens with one attached hydrogen (secondary N) is 1. The van der Waals surface area contributed by atoms with Crippen molar-refractivity contribution in [1.82, 2.24) is 10.2 Å². The van der Waals surface area contributed by atoms with Gasteiger partial charge in [-0.2, -0.15) is 13.5 Å². The van der Waals surface area contributed by atoms with Gasteiger partial charge in [-0.05, 0) is 61.0 Å². The quantitative estimate of drug-likeness (QED) is 0.223. The molecule has 5 aromatic rings. The lowest BCUT2D eigenvalue weighted by Crippen LogP contribution is -2.08. The van der Waals surface area contributed by atoms with E-state index in [1.54, 1.807) is 42.5 Å². The van der Waals surface area contributed by atoms with Gasteiger partial charge in [-0.15, -0.1) is 0 Å². The summed E-state index contributed by atoms with van der Waals surface area (Å²) in [5.74, 6) is 0. The number of rotatable bonds is 8. The van der Waals surface area contributed by atoms with E-state index in [0.717, 1.165) is 16.5 Å². The Hall–Kier alpha value is -3.53. The van der Waals surface area contributed by atoms with Gasteiger partial charge in [0.1, 0.15) is 0 Å². The fourth-order valence-corrected chi connectivity index (χ4v) is 6.67. The molecule has 0 aliphatic carbocycles. The van der Waals surface area contributed by atoms with Gasteiger partial charge in [0.15, 0.2) is 5.03 Å². The number of hydrogen-bond donors (Lipinski definition) is 1. The molecule has 0 unspecified atom stereocenters. The van der Waals surface area contributed by atoms with Gasteiger partial charge in [0.2, 0.25) is 9.84 Å². The molecule has 0 fully saturated rings. The van der Waals surface area contributed by atoms with Crippen molar-refractivity contribution in [2.24, 2.45) is 0 Å². The van der Waals surface area contributed by atoms with Gasteiger partial charge in [-0.25, -0.2) is 8.42 Å². The number of aromatic nitrogens is 2. The molecule has 0 radical (unpaired) electrons. The molecule has 1 aromatic heterocycles. The smallest absolute Gasteiger partial charge is 0.266 e. The second kappa shape index (κ2) is 9.50. The molecule has 0 saturated carbocycles. The van der Waals surface area contributed by atoms with Crippen molar-refractivity contribution in [3.05, 3.63) is 96.1 Å². The summed E-state index contributed by atoms with van der Waals surface area (Å²) in [5, 5.41) is 8.91. The average molecular weight is 521 g/mol. The topological polar surface area (TPSA) is 106 Å². The highest BCUT2D eigenvalue weighted by Gasteiger charge is 2.25. The largest absolute Gasteiger partial charge is 0.296 e. The molecule has 0 aliphatic heterocycles. The number of sulfone groups is 1. The van der Waals surface area contributed by atoms with Crippen LogP contribution in [0.4, 0.5) is 0 Å². The number of benzene rings is 4. The molecule has 0 bridgehead atoms. The highest BCUT2D eigenvalue weighted by atomic mass is 32.2. The van der Waals surface area contributed by atoms with Gasteiger partial charge >= 0.3 is 0 Å². The Morgan fingerprint density at radius 3 is 2.39 bits per heavy atom. The molecule has 0 amide bonds. The van der Waals surface area contributed by atoms with Gasteiger partial charge in [0.25, 0.3) is 10.1 Å². The van der Waals surface area contributed by atoms with Crippen molar-refractivity contribution in [3.63, 3.8) is 0 Å². The van der Waals surface area contributed by atoms with Crippen LogP contribution in [0, 0.1) is 6.92 Å². The summed E-state index contributed by atoms with van der Waals surface area (Å²) in [6, 6.07) is 24.4. The van der Waals surface area contributed by atoms with E-state index in [9.17, 15) is 16.8 Å². The summed E-state index contributed by atoms with van der Waals surface area (Å²) in [7, 11) is -7.69. The zero-order chi connectivity index (χ0) is 25.3. The third kappa shape index (κ3) is 4.65. The third-order valence-corrected chi connectivity index (χ3v) is 9.16. The maximum Gasteiger partial charge on any atom is 0.296 e. The van der Waals surface area contributed by atoms with Crippen LogP contribution in [0.3, 0.4) is 0 Å². The van der Waals surface area contributed by atoms with Crippen LogP contribution in [-0.2, 0) is 30.6 Å². The van der Waals surface area contributed by atoms with Gasteiger partial charge in [-0.1, -0.05) is 60.2 Å². The normalized spacial score (nSPS) is 12.4. The summed E-state index contributed by atoms with van der Waals surface area (Å²) >= 11 is 0. The molecule has 9 heteroatoms. The Labute approximate surface area is 209 Å². The van der Waals surface area contributed by atoms with Crippen LogP contribution < -0.4 is 0 Å². The average Bonchev–Trinajstić information content (AvgIpc) is 3.31. The minimum absolute atomic E-state index is 0.0147. The highest BCUT2D eigenvalue weighted by molar-refractivity contribution is 7.91. The molecular weight excluding hydrogens is 496 g/mol. The third-order valence-electron chi connectivity index (χ3n) is 6.05. The van der Waals surface area contributed by atoms with Gasteiger partial charge in [-0.3, -0.25) is 9.28 Å². The minimum Gasteiger partial charge on any atom is -0.266 e. The first-order valence-corrected chi connectivity index (χ1v) is 14.3. The molecule has 0 aliphatic rings. The van der Waals surface area contributed by atoms with E-state index >= 15 is 0 Å². The lowest BCUT2D eigenvalue weighted by Gasteiger charge is -2.08. The van der Waals surface area contributed by atoms with Crippen molar-refractivity contribution >= 4 is 41.6 Å². The minimum atomic E-state index is -3.87. The van der Waals surface area contributed by atoms with Crippen LogP contribution in [0.2, 0.25) is 0 Å². The summed E-state index contributed by atoms with van der Waals surface area (Å²) in [4.78, 5) is 0.336. The second-order valence-electron chi connectivity index (χ2n) is 8.58. The molecule has 0 atom stereocenters. The van der Waals surface area contributed by atoms with E-state index in [4.69, 9.17) is 4.18 Å². The molecule has 1 N–H and O–H groups in total. The highest BCUT2D eigenvalue weighted by Crippen LogP contribution is 2.31. The summed E-state index contributed by atoms with van der Waals surface area (Å²) in [6.45, 7) is 1.90. The van der Waals surface area contributed by atoms with Gasteiger partial charge in [0.05, 0.1) is 21.9 Å². The molecule has 36 heavy (non-hydrogen) atoms. The zero-order valence-corrected chi connectivity index (χ0v) is 21.1. The van der Waals surface area contributed by atoms with Crippen molar-refractivity contribution < 1.29 is 21.0 Å². The lowest BCUT2D eigenvalue weighted by atomic mass is 10.1. The van der Waals surface area contributed by atoms with Gasteiger partial charge in [0, 0.05) is 10.8 Å². The van der Waals surface area contributed by atoms with E-state index in [0.29, 0.717) is 29.1 Å². The Bertz CT molecular complexity index is 1770. The number of nitrogens with zero attached hydrogens (tertiary/aromatic N) is 1. The molecule has 7 nitrogen and oxygen atoms in total. The van der Waals surface area contributed by atoms with Crippen LogP contribution in [0.15, 0.2) is 99.7 Å². The molecule has 4 aromatic carbocycles. The maximum absolute atomic E-state index is 13.6. The Kier molecular flexibility index (Phi) is 6.38. The van der Waals surface area contributed by atoms with Gasteiger partial charge < -0.3 is 0 Å². The van der Waals surface area contributed by atoms with Crippen molar-refractivity contribution in [2.75, 3.05) is 6.61 Å². The van der Waals surface area contributed by atoms with Crippen LogP contribution in [0.1, 0.15) is 17.5 Å². The first-order valence-electron chi connectivity index (χ1n) is 11.4. The number of H-pyrrole nitrogens is 1. The van der Waals surface area contributed by atoms with Crippen molar-refractivity contribution in [3.8, 4) is 0 Å². The fourth-order valence-electron chi connectivity index (χ4n) is 4.15. The fraction of sp³-hybridized carbons (Fsp3) is 0.148. The summed E-state index contributed by atoms with van der Waals surface area (Å²) in [6.07, 6.45) is 0.956. The van der Waals surface area contributed by atoms with Crippen molar-refractivity contribution in [1.29, 1.82) is 0 Å². The van der Waals surface area contributed by atoms with E-state index in [-0.39, 0.29) is 21.4 Å². The Balaban J connectivity index is 1.35. The monoisotopic (exact) mass is 520 g/mol. The Morgan fingerprint density at radius 2 is 1.58 bits per heavy atom. The van der Waals surface area contributed by atoms with Crippen molar-refractivity contribution in [2.45, 2.75) is 34.6 Å². The SMILES string of the molecule is Cc1ccc(S(=O)(=O)OCCCc2ccc3n[nH]c(S(=O)(=O)c4cccc5ccccc45)c3c2)cc1. The number of aryl methyl sites for hydroxylation is 2. The maximum atomic E-state index is 13.6. The Morgan fingerprint density at radius 1 is 0.833 bits per heavy atom. The van der Waals surface area contributed by atoms with E-state index in [1.807, 2.05) is 37.3 Å². The molecule has 1 heterocycles. The summed E-state index contributed by atoms with van der Waals surface area (Å²) in [5.41, 5.74) is 2.36. The van der Waals surface area contributed by atoms with E-state index < -0.39 is 20.0 Å². The standard InChI is InChI=1S/C27H24N2O5S2/c1-19-11-14-22(15-12-19)36(32,33)34-17-5-6-20-13-16-25-24(18-20)27(29-28-25)35(30,31)26-10-4-8-21-7-2-3-9-23(21)26/h2-4,7-16,18H,5-6,17H2,1H3,(H,28,29). The van der Waals surface area contributed by atoms with Crippen LogP contribution in [-0.4, -0.2) is 33.6 Å².